The molecule has 0 saturated heterocycles. The predicted octanol–water partition coefficient (Wildman–Crippen LogP) is 2.95. The minimum Gasteiger partial charge on any atom is -0.351 e. The van der Waals surface area contributed by atoms with Crippen molar-refractivity contribution < 1.29 is 4.79 Å². The largest absolute Gasteiger partial charge is 0.351 e. The molecular weight excluding hydrogens is 260 g/mol. The van der Waals surface area contributed by atoms with E-state index in [0.717, 1.165) is 12.1 Å². The van der Waals surface area contributed by atoms with Crippen LogP contribution in [-0.2, 0) is 0 Å². The summed E-state index contributed by atoms with van der Waals surface area (Å²) in [6.45, 7) is 3.57. The Bertz CT molecular complexity index is 586. The van der Waals surface area contributed by atoms with Crippen LogP contribution in [0.3, 0.4) is 0 Å². The number of hydrogen-bond donors (Lipinski definition) is 1. The zero-order valence-corrected chi connectivity index (χ0v) is 12.9. The highest BCUT2D eigenvalue weighted by Gasteiger charge is 2.05. The Morgan fingerprint density at radius 2 is 1.48 bits per heavy atom. The maximum absolute atomic E-state index is 12.0. The van der Waals surface area contributed by atoms with E-state index in [4.69, 9.17) is 0 Å². The molecule has 3 heteroatoms. The molecule has 0 unspecified atom stereocenters. The van der Waals surface area contributed by atoms with Crippen LogP contribution in [0.4, 0.5) is 0 Å². The zero-order chi connectivity index (χ0) is 15.2. The molecule has 0 radical (unpaired) electrons. The lowest BCUT2D eigenvalue weighted by molar-refractivity contribution is 0.0951. The second-order valence-corrected chi connectivity index (χ2v) is 5.50. The molecule has 2 rings (SSSR count). The van der Waals surface area contributed by atoms with E-state index < -0.39 is 0 Å². The summed E-state index contributed by atoms with van der Waals surface area (Å²) in [6.07, 6.45) is 0. The van der Waals surface area contributed by atoms with Crippen LogP contribution in [0, 0.1) is 6.92 Å². The lowest BCUT2D eigenvalue weighted by Crippen LogP contribution is -2.31. The molecule has 0 saturated carbocycles. The van der Waals surface area contributed by atoms with Crippen molar-refractivity contribution in [2.45, 2.75) is 6.92 Å². The second-order valence-electron chi connectivity index (χ2n) is 5.50. The molecule has 1 amide bonds. The summed E-state index contributed by atoms with van der Waals surface area (Å²) in [6, 6.07) is 16.1. The van der Waals surface area contributed by atoms with Gasteiger partial charge in [0.15, 0.2) is 0 Å². The third-order valence-corrected chi connectivity index (χ3v) is 3.38. The Labute approximate surface area is 126 Å². The third-order valence-electron chi connectivity index (χ3n) is 3.38. The van der Waals surface area contributed by atoms with Gasteiger partial charge in [-0.05, 0) is 44.3 Å². The van der Waals surface area contributed by atoms with E-state index in [1.165, 1.54) is 11.1 Å². The molecule has 0 fully saturated rings. The van der Waals surface area contributed by atoms with Crippen molar-refractivity contribution in [1.29, 1.82) is 0 Å². The minimum absolute atomic E-state index is 0.0210. The van der Waals surface area contributed by atoms with Crippen molar-refractivity contribution in [3.63, 3.8) is 0 Å². The highest BCUT2D eigenvalue weighted by atomic mass is 16.1. The van der Waals surface area contributed by atoms with Gasteiger partial charge in [-0.25, -0.2) is 0 Å². The minimum atomic E-state index is -0.0210. The number of nitrogens with one attached hydrogen (secondary N) is 1. The van der Waals surface area contributed by atoms with Crippen molar-refractivity contribution >= 4 is 5.91 Å². The molecule has 0 aliphatic heterocycles. The van der Waals surface area contributed by atoms with Crippen molar-refractivity contribution in [2.24, 2.45) is 0 Å². The number of hydrogen-bond acceptors (Lipinski definition) is 2. The summed E-state index contributed by atoms with van der Waals surface area (Å²) in [7, 11) is 3.98. The van der Waals surface area contributed by atoms with E-state index in [1.807, 2.05) is 43.3 Å². The molecular formula is C18H22N2O. The number of aryl methyl sites for hydroxylation is 1. The molecule has 0 aromatic heterocycles. The molecule has 110 valence electrons. The summed E-state index contributed by atoms with van der Waals surface area (Å²) in [4.78, 5) is 14.0. The van der Waals surface area contributed by atoms with E-state index >= 15 is 0 Å². The standard InChI is InChI=1S/C18H22N2O/c1-14-4-6-15(7-5-14)16-8-10-17(11-9-16)18(21)19-12-13-20(2)3/h4-11H,12-13H2,1-3H3,(H,19,21). The van der Waals surface area contributed by atoms with Crippen LogP contribution >= 0.6 is 0 Å². The highest BCUT2D eigenvalue weighted by molar-refractivity contribution is 5.94. The monoisotopic (exact) mass is 282 g/mol. The fourth-order valence-electron chi connectivity index (χ4n) is 2.06. The lowest BCUT2D eigenvalue weighted by atomic mass is 10.0. The Balaban J connectivity index is 2.01. The fourth-order valence-corrected chi connectivity index (χ4v) is 2.06. The SMILES string of the molecule is Cc1ccc(-c2ccc(C(=O)NCCN(C)C)cc2)cc1. The first-order valence-corrected chi connectivity index (χ1v) is 7.16. The second kappa shape index (κ2) is 7.04. The average Bonchev–Trinajstić information content (AvgIpc) is 2.48. The number of carbonyl (C=O) groups excluding carboxylic acids is 1. The van der Waals surface area contributed by atoms with Gasteiger partial charge in [-0.3, -0.25) is 4.79 Å². The van der Waals surface area contributed by atoms with Crippen LogP contribution in [0.1, 0.15) is 15.9 Å². The number of rotatable bonds is 5. The van der Waals surface area contributed by atoms with Crippen molar-refractivity contribution in [3.8, 4) is 11.1 Å². The first-order valence-electron chi connectivity index (χ1n) is 7.16. The van der Waals surface area contributed by atoms with Gasteiger partial charge in [-0.1, -0.05) is 42.0 Å². The summed E-state index contributed by atoms with van der Waals surface area (Å²) in [5, 5.41) is 2.92. The van der Waals surface area contributed by atoms with Crippen molar-refractivity contribution in [1.82, 2.24) is 10.2 Å². The van der Waals surface area contributed by atoms with E-state index in [2.05, 4.69) is 36.5 Å². The Morgan fingerprint density at radius 3 is 2.00 bits per heavy atom. The normalized spacial score (nSPS) is 10.7. The van der Waals surface area contributed by atoms with E-state index in [-0.39, 0.29) is 5.91 Å². The Hall–Kier alpha value is -2.13. The maximum atomic E-state index is 12.0. The topological polar surface area (TPSA) is 32.3 Å². The molecule has 0 spiro atoms. The number of carbonyl (C=O) groups is 1. The first-order chi connectivity index (χ1) is 10.1. The number of benzene rings is 2. The van der Waals surface area contributed by atoms with Crippen LogP contribution < -0.4 is 5.32 Å². The summed E-state index contributed by atoms with van der Waals surface area (Å²) in [5.41, 5.74) is 4.24. The van der Waals surface area contributed by atoms with Crippen LogP contribution in [0.2, 0.25) is 0 Å². The molecule has 0 bridgehead atoms. The van der Waals surface area contributed by atoms with Crippen LogP contribution in [-0.4, -0.2) is 38.0 Å². The van der Waals surface area contributed by atoms with Gasteiger partial charge in [0, 0.05) is 18.7 Å². The number of likely N-dealkylation sites (N-methyl/N-ethyl adjacent to an activating group) is 1. The molecule has 0 heterocycles. The molecule has 0 aliphatic rings. The van der Waals surface area contributed by atoms with Gasteiger partial charge in [0.25, 0.3) is 5.91 Å². The number of amides is 1. The van der Waals surface area contributed by atoms with Gasteiger partial charge >= 0.3 is 0 Å². The van der Waals surface area contributed by atoms with E-state index in [0.29, 0.717) is 12.1 Å². The van der Waals surface area contributed by atoms with Crippen molar-refractivity contribution in [3.05, 3.63) is 59.7 Å². The van der Waals surface area contributed by atoms with Gasteiger partial charge in [-0.15, -0.1) is 0 Å². The third kappa shape index (κ3) is 4.43. The van der Waals surface area contributed by atoms with Crippen molar-refractivity contribution in [2.75, 3.05) is 27.2 Å². The Kier molecular flexibility index (Phi) is 5.12. The zero-order valence-electron chi connectivity index (χ0n) is 12.9. The average molecular weight is 282 g/mol. The van der Waals surface area contributed by atoms with Crippen LogP contribution in [0.5, 0.6) is 0 Å². The van der Waals surface area contributed by atoms with Crippen LogP contribution in [0.15, 0.2) is 48.5 Å². The summed E-state index contributed by atoms with van der Waals surface area (Å²) >= 11 is 0. The Morgan fingerprint density at radius 1 is 0.952 bits per heavy atom. The molecule has 2 aromatic rings. The molecule has 21 heavy (non-hydrogen) atoms. The molecule has 2 aromatic carbocycles. The molecule has 0 atom stereocenters. The van der Waals surface area contributed by atoms with Gasteiger partial charge in [0.1, 0.15) is 0 Å². The number of nitrogens with zero attached hydrogens (tertiary/aromatic N) is 1. The quantitative estimate of drug-likeness (QED) is 0.914. The fraction of sp³-hybridized carbons (Fsp3) is 0.278. The maximum Gasteiger partial charge on any atom is 0.251 e. The van der Waals surface area contributed by atoms with Gasteiger partial charge in [0.05, 0.1) is 0 Å². The summed E-state index contributed by atoms with van der Waals surface area (Å²) in [5.74, 6) is -0.0210. The molecule has 3 nitrogen and oxygen atoms in total. The predicted molar refractivity (Wildman–Crippen MR) is 87.5 cm³/mol. The van der Waals surface area contributed by atoms with Crippen LogP contribution in [0.25, 0.3) is 11.1 Å². The van der Waals surface area contributed by atoms with E-state index in [9.17, 15) is 4.79 Å². The smallest absolute Gasteiger partial charge is 0.251 e. The first kappa shape index (κ1) is 15.3. The van der Waals surface area contributed by atoms with Gasteiger partial charge in [0.2, 0.25) is 0 Å². The lowest BCUT2D eigenvalue weighted by Gasteiger charge is -2.10. The molecule has 1 N–H and O–H groups in total. The highest BCUT2D eigenvalue weighted by Crippen LogP contribution is 2.20. The van der Waals surface area contributed by atoms with Gasteiger partial charge in [-0.2, -0.15) is 0 Å². The van der Waals surface area contributed by atoms with E-state index in [1.54, 1.807) is 0 Å². The summed E-state index contributed by atoms with van der Waals surface area (Å²) < 4.78 is 0. The molecule has 0 aliphatic carbocycles. The van der Waals surface area contributed by atoms with Gasteiger partial charge < -0.3 is 10.2 Å².